The van der Waals surface area contributed by atoms with E-state index in [9.17, 15) is 0 Å². The van der Waals surface area contributed by atoms with E-state index in [1.807, 2.05) is 48.5 Å². The number of hydrogen-bond donors (Lipinski definition) is 0. The highest BCUT2D eigenvalue weighted by atomic mass is 16.5. The van der Waals surface area contributed by atoms with Crippen molar-refractivity contribution in [1.82, 2.24) is 9.97 Å². The summed E-state index contributed by atoms with van der Waals surface area (Å²) in [6.45, 7) is -0.0840. The molecule has 0 saturated carbocycles. The number of nitriles is 2. The van der Waals surface area contributed by atoms with Gasteiger partial charge in [-0.05, 0) is 36.4 Å². The largest absolute Gasteiger partial charge is 0.479 e. The summed E-state index contributed by atoms with van der Waals surface area (Å²) in [6, 6.07) is 18.4. The zero-order valence-corrected chi connectivity index (χ0v) is 12.6. The number of benzene rings is 2. The molecule has 6 heteroatoms. The molecule has 3 aromatic rings. The molecule has 24 heavy (non-hydrogen) atoms. The predicted molar refractivity (Wildman–Crippen MR) is 87.2 cm³/mol. The molecule has 0 unspecified atom stereocenters. The van der Waals surface area contributed by atoms with Gasteiger partial charge >= 0.3 is 0 Å². The van der Waals surface area contributed by atoms with Crippen LogP contribution in [0.4, 0.5) is 0 Å². The molecule has 2 aromatic carbocycles. The Morgan fingerprint density at radius 2 is 1.54 bits per heavy atom. The first-order chi connectivity index (χ1) is 11.8. The van der Waals surface area contributed by atoms with Crippen molar-refractivity contribution in [3.63, 3.8) is 0 Å². The molecule has 3 rings (SSSR count). The Morgan fingerprint density at radius 3 is 2.29 bits per heavy atom. The maximum Gasteiger partial charge on any atom is 0.226 e. The van der Waals surface area contributed by atoms with Gasteiger partial charge in [-0.2, -0.15) is 15.5 Å². The zero-order valence-electron chi connectivity index (χ0n) is 12.6. The number of nitrogens with zero attached hydrogens (tertiary/aromatic N) is 4. The Balaban J connectivity index is 2.00. The fraction of sp³-hybridized carbons (Fsp3) is 0.111. The van der Waals surface area contributed by atoms with Crippen molar-refractivity contribution in [2.75, 3.05) is 13.2 Å². The molecule has 0 aliphatic rings. The van der Waals surface area contributed by atoms with Crippen LogP contribution in [0, 0.1) is 22.7 Å². The molecule has 0 aliphatic carbocycles. The van der Waals surface area contributed by atoms with Crippen LogP contribution in [0.1, 0.15) is 0 Å². The Kier molecular flexibility index (Phi) is 4.50. The SMILES string of the molecule is N#CCOc1ccc(-c2nc(OCC#N)c3ccccc3n2)cc1. The van der Waals surface area contributed by atoms with Crippen LogP contribution >= 0.6 is 0 Å². The molecule has 0 radical (unpaired) electrons. The van der Waals surface area contributed by atoms with Gasteiger partial charge in [-0.25, -0.2) is 4.98 Å². The second kappa shape index (κ2) is 7.08. The van der Waals surface area contributed by atoms with Gasteiger partial charge in [0.25, 0.3) is 0 Å². The second-order valence-electron chi connectivity index (χ2n) is 4.79. The van der Waals surface area contributed by atoms with Gasteiger partial charge in [-0.3, -0.25) is 0 Å². The molecular weight excluding hydrogens is 304 g/mol. The van der Waals surface area contributed by atoms with Gasteiger partial charge < -0.3 is 9.47 Å². The molecule has 6 nitrogen and oxygen atoms in total. The Bertz CT molecular complexity index is 940. The lowest BCUT2D eigenvalue weighted by atomic mass is 10.2. The van der Waals surface area contributed by atoms with Crippen molar-refractivity contribution < 1.29 is 9.47 Å². The van der Waals surface area contributed by atoms with Crippen molar-refractivity contribution in [1.29, 1.82) is 10.5 Å². The summed E-state index contributed by atoms with van der Waals surface area (Å²) in [5.41, 5.74) is 1.52. The number of para-hydroxylation sites is 1. The quantitative estimate of drug-likeness (QED) is 0.718. The summed E-state index contributed by atoms with van der Waals surface area (Å²) in [5, 5.41) is 18.0. The Hall–Kier alpha value is -3.64. The van der Waals surface area contributed by atoms with Crippen LogP contribution in [-0.4, -0.2) is 23.2 Å². The third-order valence-corrected chi connectivity index (χ3v) is 3.26. The summed E-state index contributed by atoms with van der Waals surface area (Å²) in [5.74, 6) is 1.47. The fourth-order valence-electron chi connectivity index (χ4n) is 2.20. The topological polar surface area (TPSA) is 91.8 Å². The van der Waals surface area contributed by atoms with E-state index in [1.165, 1.54) is 0 Å². The molecule has 0 fully saturated rings. The van der Waals surface area contributed by atoms with Crippen molar-refractivity contribution >= 4 is 10.9 Å². The van der Waals surface area contributed by atoms with E-state index in [-0.39, 0.29) is 13.2 Å². The van der Waals surface area contributed by atoms with Crippen LogP contribution in [0.2, 0.25) is 0 Å². The van der Waals surface area contributed by atoms with Gasteiger partial charge in [0.1, 0.15) is 17.9 Å². The van der Waals surface area contributed by atoms with Crippen molar-refractivity contribution in [3.8, 4) is 35.2 Å². The molecule has 0 amide bonds. The normalized spacial score (nSPS) is 9.92. The van der Waals surface area contributed by atoms with Gasteiger partial charge in [-0.15, -0.1) is 0 Å². The lowest BCUT2D eigenvalue weighted by Gasteiger charge is -2.09. The minimum atomic E-state index is -0.0820. The van der Waals surface area contributed by atoms with Gasteiger partial charge in [-0.1, -0.05) is 12.1 Å². The van der Waals surface area contributed by atoms with Crippen LogP contribution in [-0.2, 0) is 0 Å². The van der Waals surface area contributed by atoms with Gasteiger partial charge in [0.15, 0.2) is 19.0 Å². The molecule has 0 spiro atoms. The molecule has 0 N–H and O–H groups in total. The third kappa shape index (κ3) is 3.23. The maximum absolute atomic E-state index is 8.73. The van der Waals surface area contributed by atoms with E-state index in [0.29, 0.717) is 17.5 Å². The Labute approximate surface area is 138 Å². The minimum Gasteiger partial charge on any atom is -0.479 e. The number of fused-ring (bicyclic) bond motifs is 1. The smallest absolute Gasteiger partial charge is 0.226 e. The van der Waals surface area contributed by atoms with E-state index < -0.39 is 0 Å². The van der Waals surface area contributed by atoms with Crippen molar-refractivity contribution in [2.24, 2.45) is 0 Å². The molecule has 0 atom stereocenters. The molecule has 0 aliphatic heterocycles. The van der Waals surface area contributed by atoms with Gasteiger partial charge in [0, 0.05) is 5.56 Å². The van der Waals surface area contributed by atoms with E-state index in [4.69, 9.17) is 20.0 Å². The molecule has 1 aromatic heterocycles. The maximum atomic E-state index is 8.73. The second-order valence-corrected chi connectivity index (χ2v) is 4.79. The highest BCUT2D eigenvalue weighted by Gasteiger charge is 2.10. The van der Waals surface area contributed by atoms with Crippen LogP contribution < -0.4 is 9.47 Å². The van der Waals surface area contributed by atoms with Crippen molar-refractivity contribution in [2.45, 2.75) is 0 Å². The highest BCUT2D eigenvalue weighted by Crippen LogP contribution is 2.27. The summed E-state index contributed by atoms with van der Waals surface area (Å²) >= 11 is 0. The standard InChI is InChI=1S/C18H12N4O2/c19-9-11-23-14-7-5-13(6-8-14)17-21-16-4-2-1-3-15(16)18(22-17)24-12-10-20/h1-8H,11-12H2. The third-order valence-electron chi connectivity index (χ3n) is 3.26. The highest BCUT2D eigenvalue weighted by molar-refractivity contribution is 5.85. The average Bonchev–Trinajstić information content (AvgIpc) is 2.64. The van der Waals surface area contributed by atoms with E-state index in [0.717, 1.165) is 16.5 Å². The van der Waals surface area contributed by atoms with Crippen LogP contribution in [0.3, 0.4) is 0 Å². The zero-order chi connectivity index (χ0) is 16.8. The monoisotopic (exact) mass is 316 g/mol. The number of hydrogen-bond acceptors (Lipinski definition) is 6. The summed E-state index contributed by atoms with van der Waals surface area (Å²) in [7, 11) is 0. The number of ether oxygens (including phenoxy) is 2. The minimum absolute atomic E-state index is 0.00201. The van der Waals surface area contributed by atoms with Gasteiger partial charge in [0.05, 0.1) is 10.9 Å². The number of aromatic nitrogens is 2. The summed E-state index contributed by atoms with van der Waals surface area (Å²) in [6.07, 6.45) is 0. The fourth-order valence-corrected chi connectivity index (χ4v) is 2.20. The Morgan fingerprint density at radius 1 is 0.833 bits per heavy atom. The molecule has 116 valence electrons. The summed E-state index contributed by atoms with van der Waals surface area (Å²) < 4.78 is 10.7. The van der Waals surface area contributed by atoms with Crippen LogP contribution in [0.25, 0.3) is 22.3 Å². The first-order valence-corrected chi connectivity index (χ1v) is 7.18. The van der Waals surface area contributed by atoms with Gasteiger partial charge in [0.2, 0.25) is 5.88 Å². The van der Waals surface area contributed by atoms with Crippen LogP contribution in [0.5, 0.6) is 11.6 Å². The van der Waals surface area contributed by atoms with E-state index in [2.05, 4.69) is 9.97 Å². The lowest BCUT2D eigenvalue weighted by molar-refractivity contribution is 0.358. The van der Waals surface area contributed by atoms with E-state index in [1.54, 1.807) is 12.1 Å². The number of rotatable bonds is 5. The summed E-state index contributed by atoms with van der Waals surface area (Å²) in [4.78, 5) is 8.96. The van der Waals surface area contributed by atoms with Crippen LogP contribution in [0.15, 0.2) is 48.5 Å². The first kappa shape index (κ1) is 15.3. The molecule has 0 bridgehead atoms. The lowest BCUT2D eigenvalue weighted by Crippen LogP contribution is -2.00. The average molecular weight is 316 g/mol. The van der Waals surface area contributed by atoms with Crippen molar-refractivity contribution in [3.05, 3.63) is 48.5 Å². The molecular formula is C18H12N4O2. The van der Waals surface area contributed by atoms with E-state index >= 15 is 0 Å². The first-order valence-electron chi connectivity index (χ1n) is 7.18. The molecule has 1 heterocycles. The predicted octanol–water partition coefficient (Wildman–Crippen LogP) is 3.10. The molecule has 0 saturated heterocycles.